The topological polar surface area (TPSA) is 122 Å². The van der Waals surface area contributed by atoms with Gasteiger partial charge in [0.25, 0.3) is 11.8 Å². The van der Waals surface area contributed by atoms with Crippen LogP contribution in [0.15, 0.2) is 40.2 Å². The van der Waals surface area contributed by atoms with Gasteiger partial charge in [-0.25, -0.2) is 4.79 Å². The summed E-state index contributed by atoms with van der Waals surface area (Å²) in [5.74, 6) is -1.83. The van der Waals surface area contributed by atoms with E-state index >= 15 is 0 Å². The van der Waals surface area contributed by atoms with Gasteiger partial charge in [0.05, 0.1) is 5.56 Å². The van der Waals surface area contributed by atoms with Crippen LogP contribution in [0.3, 0.4) is 0 Å². The fourth-order valence-corrected chi connectivity index (χ4v) is 4.29. The van der Waals surface area contributed by atoms with Crippen LogP contribution < -0.4 is 16.4 Å². The number of anilines is 1. The minimum atomic E-state index is -1.29. The zero-order chi connectivity index (χ0) is 19.8. The quantitative estimate of drug-likeness (QED) is 0.602. The Bertz CT molecular complexity index is 960. The lowest BCUT2D eigenvalue weighted by atomic mass is 9.92. The van der Waals surface area contributed by atoms with Crippen molar-refractivity contribution in [2.24, 2.45) is 5.73 Å². The van der Waals surface area contributed by atoms with Crippen molar-refractivity contribution >= 4 is 56.0 Å². The maximum Gasteiger partial charge on any atom is 0.325 e. The third kappa shape index (κ3) is 3.45. The van der Waals surface area contributed by atoms with Crippen molar-refractivity contribution in [1.29, 1.82) is 0 Å². The first-order chi connectivity index (χ1) is 12.7. The number of halogens is 1. The summed E-state index contributed by atoms with van der Waals surface area (Å²) < 4.78 is 0.664. The maximum atomic E-state index is 12.9. The molecular formula is C17H15BrN4O4S. The van der Waals surface area contributed by atoms with E-state index in [9.17, 15) is 19.2 Å². The molecule has 10 heteroatoms. The zero-order valence-electron chi connectivity index (χ0n) is 14.1. The van der Waals surface area contributed by atoms with Crippen LogP contribution in [0.5, 0.6) is 0 Å². The minimum absolute atomic E-state index is 0.170. The zero-order valence-corrected chi connectivity index (χ0v) is 16.5. The number of amides is 5. The summed E-state index contributed by atoms with van der Waals surface area (Å²) >= 11 is 4.50. The van der Waals surface area contributed by atoms with E-state index in [-0.39, 0.29) is 10.6 Å². The van der Waals surface area contributed by atoms with Crippen LogP contribution in [-0.2, 0) is 15.1 Å². The summed E-state index contributed by atoms with van der Waals surface area (Å²) in [5, 5.41) is 7.03. The van der Waals surface area contributed by atoms with Crippen LogP contribution >= 0.6 is 27.3 Å². The summed E-state index contributed by atoms with van der Waals surface area (Å²) in [7, 11) is 0. The average Bonchev–Trinajstić information content (AvgIpc) is 3.14. The number of hydrogen-bond donors (Lipinski definition) is 3. The summed E-state index contributed by atoms with van der Waals surface area (Å²) in [5.41, 5.74) is 4.70. The molecule has 1 fully saturated rings. The van der Waals surface area contributed by atoms with Gasteiger partial charge in [-0.15, -0.1) is 11.3 Å². The van der Waals surface area contributed by atoms with Gasteiger partial charge in [-0.2, -0.15) is 0 Å². The third-order valence-corrected chi connectivity index (χ3v) is 5.69. The molecule has 1 aliphatic heterocycles. The molecule has 140 valence electrons. The van der Waals surface area contributed by atoms with Crippen LogP contribution in [-0.4, -0.2) is 35.2 Å². The number of nitrogens with two attached hydrogens (primary N) is 1. The predicted octanol–water partition coefficient (Wildman–Crippen LogP) is 2.02. The molecule has 0 radical (unpaired) electrons. The number of rotatable bonds is 5. The van der Waals surface area contributed by atoms with E-state index in [2.05, 4.69) is 26.6 Å². The second-order valence-electron chi connectivity index (χ2n) is 6.00. The van der Waals surface area contributed by atoms with E-state index < -0.39 is 35.8 Å². The maximum absolute atomic E-state index is 12.9. The number of hydrogen-bond acceptors (Lipinski definition) is 5. The molecule has 0 aliphatic carbocycles. The Hall–Kier alpha value is -2.72. The molecule has 2 heterocycles. The first kappa shape index (κ1) is 19.1. The number of nitrogens with zero attached hydrogens (tertiary/aromatic N) is 1. The molecule has 1 aliphatic rings. The molecule has 27 heavy (non-hydrogen) atoms. The molecule has 0 spiro atoms. The second-order valence-corrected chi connectivity index (χ2v) is 7.77. The molecule has 3 rings (SSSR count). The number of benzene rings is 1. The fraction of sp³-hybridized carbons (Fsp3) is 0.176. The highest BCUT2D eigenvalue weighted by Crippen LogP contribution is 2.33. The van der Waals surface area contributed by atoms with Gasteiger partial charge in [0, 0.05) is 10.0 Å². The largest absolute Gasteiger partial charge is 0.366 e. The van der Waals surface area contributed by atoms with E-state index in [1.165, 1.54) is 6.07 Å². The highest BCUT2D eigenvalue weighted by Gasteiger charge is 2.50. The minimum Gasteiger partial charge on any atom is -0.366 e. The summed E-state index contributed by atoms with van der Waals surface area (Å²) in [6, 6.07) is 7.84. The van der Waals surface area contributed by atoms with Gasteiger partial charge in [-0.1, -0.05) is 34.1 Å². The second kappa shape index (κ2) is 7.12. The number of primary amides is 1. The molecule has 0 saturated carbocycles. The van der Waals surface area contributed by atoms with E-state index in [0.717, 1.165) is 16.2 Å². The van der Waals surface area contributed by atoms with Gasteiger partial charge in [-0.05, 0) is 24.4 Å². The normalized spacial score (nSPS) is 19.1. The van der Waals surface area contributed by atoms with Crippen LogP contribution in [0.1, 0.15) is 22.8 Å². The van der Waals surface area contributed by atoms with Crippen molar-refractivity contribution in [3.63, 3.8) is 0 Å². The van der Waals surface area contributed by atoms with Crippen LogP contribution in [0.25, 0.3) is 0 Å². The molecule has 0 bridgehead atoms. The SMILES string of the molecule is CC1(c2ccccc2Br)NC(=O)N(CC(=O)Nc2sccc2C(N)=O)C1=O. The lowest BCUT2D eigenvalue weighted by molar-refractivity contribution is -0.133. The molecule has 1 saturated heterocycles. The predicted molar refractivity (Wildman–Crippen MR) is 103 cm³/mol. The van der Waals surface area contributed by atoms with E-state index in [1.807, 2.05) is 0 Å². The van der Waals surface area contributed by atoms with Gasteiger partial charge < -0.3 is 16.4 Å². The lowest BCUT2D eigenvalue weighted by Gasteiger charge is -2.23. The number of urea groups is 1. The molecule has 1 unspecified atom stereocenters. The smallest absolute Gasteiger partial charge is 0.325 e. The van der Waals surface area contributed by atoms with Crippen LogP contribution in [0.2, 0.25) is 0 Å². The van der Waals surface area contributed by atoms with Gasteiger partial charge >= 0.3 is 6.03 Å². The number of imide groups is 1. The molecule has 1 aromatic carbocycles. The molecule has 1 atom stereocenters. The molecule has 5 amide bonds. The Kier molecular flexibility index (Phi) is 5.03. The van der Waals surface area contributed by atoms with Crippen molar-refractivity contribution in [2.45, 2.75) is 12.5 Å². The molecule has 8 nitrogen and oxygen atoms in total. The number of thiophene rings is 1. The highest BCUT2D eigenvalue weighted by atomic mass is 79.9. The first-order valence-corrected chi connectivity index (χ1v) is 9.47. The average molecular weight is 451 g/mol. The number of carbonyl (C=O) groups is 4. The molecule has 1 aromatic heterocycles. The monoisotopic (exact) mass is 450 g/mol. The standard InChI is InChI=1S/C17H15BrN4O4S/c1-17(10-4-2-3-5-11(10)18)15(25)22(16(26)21-17)8-12(23)20-14-9(13(19)24)6-7-27-14/h2-7H,8H2,1H3,(H2,19,24)(H,20,23)(H,21,26). The van der Waals surface area contributed by atoms with Crippen molar-refractivity contribution in [3.8, 4) is 0 Å². The fourth-order valence-electron chi connectivity index (χ4n) is 2.80. The molecule has 4 N–H and O–H groups in total. The lowest BCUT2D eigenvalue weighted by Crippen LogP contribution is -2.42. The molecular weight excluding hydrogens is 436 g/mol. The van der Waals surface area contributed by atoms with Crippen LogP contribution in [0.4, 0.5) is 9.80 Å². The third-order valence-electron chi connectivity index (χ3n) is 4.17. The van der Waals surface area contributed by atoms with Gasteiger partial charge in [0.2, 0.25) is 5.91 Å². The molecule has 2 aromatic rings. The highest BCUT2D eigenvalue weighted by molar-refractivity contribution is 9.10. The Labute approximate surface area is 166 Å². The summed E-state index contributed by atoms with van der Waals surface area (Å²) in [6.45, 7) is 1.09. The van der Waals surface area contributed by atoms with E-state index in [1.54, 1.807) is 36.6 Å². The summed E-state index contributed by atoms with van der Waals surface area (Å²) in [4.78, 5) is 49.7. The Balaban J connectivity index is 1.78. The van der Waals surface area contributed by atoms with Gasteiger partial charge in [-0.3, -0.25) is 19.3 Å². The van der Waals surface area contributed by atoms with Crippen LogP contribution in [0, 0.1) is 0 Å². The summed E-state index contributed by atoms with van der Waals surface area (Å²) in [6.07, 6.45) is 0. The van der Waals surface area contributed by atoms with Crippen molar-refractivity contribution < 1.29 is 19.2 Å². The van der Waals surface area contributed by atoms with Gasteiger partial charge in [0.15, 0.2) is 0 Å². The van der Waals surface area contributed by atoms with Crippen molar-refractivity contribution in [1.82, 2.24) is 10.2 Å². The Morgan fingerprint density at radius 1 is 1.30 bits per heavy atom. The van der Waals surface area contributed by atoms with E-state index in [4.69, 9.17) is 5.73 Å². The Morgan fingerprint density at radius 2 is 2.00 bits per heavy atom. The van der Waals surface area contributed by atoms with E-state index in [0.29, 0.717) is 10.0 Å². The Morgan fingerprint density at radius 3 is 2.67 bits per heavy atom. The van der Waals surface area contributed by atoms with Crippen molar-refractivity contribution in [2.75, 3.05) is 11.9 Å². The number of carbonyl (C=O) groups excluding carboxylic acids is 4. The van der Waals surface area contributed by atoms with Gasteiger partial charge in [0.1, 0.15) is 17.1 Å². The van der Waals surface area contributed by atoms with Crippen molar-refractivity contribution in [3.05, 3.63) is 51.3 Å². The first-order valence-electron chi connectivity index (χ1n) is 7.80. The number of nitrogens with one attached hydrogen (secondary N) is 2.